The minimum atomic E-state index is -0.0942. The van der Waals surface area contributed by atoms with Gasteiger partial charge in [0, 0.05) is 27.3 Å². The Bertz CT molecular complexity index is 466. The zero-order valence-corrected chi connectivity index (χ0v) is 11.4. The molecule has 1 aromatic heterocycles. The number of rotatable bonds is 3. The van der Waals surface area contributed by atoms with Crippen LogP contribution in [0.15, 0.2) is 12.3 Å². The van der Waals surface area contributed by atoms with Crippen LogP contribution in [0, 0.1) is 6.92 Å². The van der Waals surface area contributed by atoms with Gasteiger partial charge in [0.05, 0.1) is 23.1 Å². The molecule has 2 atom stereocenters. The molecule has 0 aliphatic carbocycles. The van der Waals surface area contributed by atoms with Gasteiger partial charge >= 0.3 is 0 Å². The molecule has 0 spiro atoms. The summed E-state index contributed by atoms with van der Waals surface area (Å²) in [7, 11) is 3.25. The Morgan fingerprint density at radius 2 is 1.95 bits per heavy atom. The molecule has 0 radical (unpaired) electrons. The van der Waals surface area contributed by atoms with E-state index in [9.17, 15) is 4.79 Å². The molecule has 6 heteroatoms. The lowest BCUT2D eigenvalue weighted by Gasteiger charge is -2.17. The molecule has 1 aliphatic rings. The van der Waals surface area contributed by atoms with Crippen LogP contribution in [0.5, 0.6) is 0 Å². The van der Waals surface area contributed by atoms with Crippen LogP contribution in [0.2, 0.25) is 0 Å². The summed E-state index contributed by atoms with van der Waals surface area (Å²) in [6.45, 7) is 2.83. The summed E-state index contributed by atoms with van der Waals surface area (Å²) < 4.78 is 10.7. The Hall–Kier alpha value is -1.66. The smallest absolute Gasteiger partial charge is 0.255 e. The van der Waals surface area contributed by atoms with Crippen LogP contribution in [0.1, 0.15) is 16.1 Å². The van der Waals surface area contributed by atoms with Crippen molar-refractivity contribution in [3.8, 4) is 0 Å². The lowest BCUT2D eigenvalue weighted by atomic mass is 10.1. The number of aryl methyl sites for hydroxylation is 1. The lowest BCUT2D eigenvalue weighted by Crippen LogP contribution is -2.30. The molecule has 6 nitrogen and oxygen atoms in total. The van der Waals surface area contributed by atoms with Crippen molar-refractivity contribution in [3.05, 3.63) is 23.5 Å². The van der Waals surface area contributed by atoms with E-state index in [0.29, 0.717) is 30.0 Å². The largest absolute Gasteiger partial charge is 0.397 e. The van der Waals surface area contributed by atoms with E-state index in [1.165, 1.54) is 0 Å². The van der Waals surface area contributed by atoms with E-state index in [1.807, 2.05) is 0 Å². The SMILES string of the molecule is COC1CN(C(=O)c2cc(N)cnc2C)CC1OC. The molecule has 2 N–H and O–H groups in total. The second-order valence-corrected chi connectivity index (χ2v) is 4.66. The van der Waals surface area contributed by atoms with E-state index >= 15 is 0 Å². The molecule has 0 saturated carbocycles. The number of hydrogen-bond acceptors (Lipinski definition) is 5. The van der Waals surface area contributed by atoms with Crippen LogP contribution in [0.3, 0.4) is 0 Å². The van der Waals surface area contributed by atoms with Gasteiger partial charge in [0.25, 0.3) is 5.91 Å². The normalized spacial score (nSPS) is 22.8. The predicted molar refractivity (Wildman–Crippen MR) is 70.9 cm³/mol. The number of hydrogen-bond donors (Lipinski definition) is 1. The van der Waals surface area contributed by atoms with Crippen molar-refractivity contribution in [2.75, 3.05) is 33.0 Å². The molecule has 2 heterocycles. The third-order valence-electron chi connectivity index (χ3n) is 3.45. The van der Waals surface area contributed by atoms with E-state index in [-0.39, 0.29) is 18.1 Å². The molecule has 1 fully saturated rings. The third kappa shape index (κ3) is 2.69. The van der Waals surface area contributed by atoms with Gasteiger partial charge in [-0.15, -0.1) is 0 Å². The molecule has 2 unspecified atom stereocenters. The minimum Gasteiger partial charge on any atom is -0.397 e. The van der Waals surface area contributed by atoms with E-state index in [4.69, 9.17) is 15.2 Å². The summed E-state index contributed by atoms with van der Waals surface area (Å²) in [4.78, 5) is 18.3. The second kappa shape index (κ2) is 5.54. The highest BCUT2D eigenvalue weighted by Gasteiger charge is 2.36. The van der Waals surface area contributed by atoms with Crippen LogP contribution in [-0.2, 0) is 9.47 Å². The lowest BCUT2D eigenvalue weighted by molar-refractivity contribution is -0.00461. The van der Waals surface area contributed by atoms with Gasteiger partial charge in [0.2, 0.25) is 0 Å². The second-order valence-electron chi connectivity index (χ2n) is 4.66. The van der Waals surface area contributed by atoms with Gasteiger partial charge in [-0.2, -0.15) is 0 Å². The van der Waals surface area contributed by atoms with Crippen molar-refractivity contribution in [3.63, 3.8) is 0 Å². The first-order chi connectivity index (χ1) is 9.06. The summed E-state index contributed by atoms with van der Waals surface area (Å²) in [5, 5.41) is 0. The number of carbonyl (C=O) groups is 1. The number of ether oxygens (including phenoxy) is 2. The van der Waals surface area contributed by atoms with E-state index in [0.717, 1.165) is 0 Å². The zero-order chi connectivity index (χ0) is 14.0. The van der Waals surface area contributed by atoms with Crippen molar-refractivity contribution in [2.24, 2.45) is 0 Å². The van der Waals surface area contributed by atoms with Gasteiger partial charge in [-0.3, -0.25) is 9.78 Å². The highest BCUT2D eigenvalue weighted by Crippen LogP contribution is 2.20. The van der Waals surface area contributed by atoms with Crippen LogP contribution >= 0.6 is 0 Å². The van der Waals surface area contributed by atoms with Gasteiger partial charge in [-0.05, 0) is 13.0 Å². The van der Waals surface area contributed by atoms with Gasteiger partial charge in [-0.25, -0.2) is 0 Å². The Kier molecular flexibility index (Phi) is 4.01. The fourth-order valence-corrected chi connectivity index (χ4v) is 2.30. The summed E-state index contributed by atoms with van der Waals surface area (Å²) in [6.07, 6.45) is 1.36. The molecule has 1 aliphatic heterocycles. The number of pyridine rings is 1. The molecule has 1 amide bonds. The number of nitrogens with zero attached hydrogens (tertiary/aromatic N) is 2. The highest BCUT2D eigenvalue weighted by molar-refractivity contribution is 5.96. The summed E-state index contributed by atoms with van der Waals surface area (Å²) in [5.74, 6) is -0.0844. The molecular formula is C13H19N3O3. The number of methoxy groups -OCH3 is 2. The summed E-state index contributed by atoms with van der Waals surface area (Å²) in [5.41, 5.74) is 7.38. The minimum absolute atomic E-state index is 0.0844. The van der Waals surface area contributed by atoms with Gasteiger partial charge in [-0.1, -0.05) is 0 Å². The number of carbonyl (C=O) groups excluding carboxylic acids is 1. The van der Waals surface area contributed by atoms with Gasteiger partial charge in [0.15, 0.2) is 0 Å². The molecule has 19 heavy (non-hydrogen) atoms. The number of nitrogen functional groups attached to an aromatic ring is 1. The third-order valence-corrected chi connectivity index (χ3v) is 3.45. The Balaban J connectivity index is 2.19. The van der Waals surface area contributed by atoms with Crippen LogP contribution in [0.4, 0.5) is 5.69 Å². The molecule has 104 valence electrons. The van der Waals surface area contributed by atoms with Gasteiger partial charge in [0.1, 0.15) is 12.2 Å². The molecule has 2 rings (SSSR count). The van der Waals surface area contributed by atoms with Crippen LogP contribution in [0.25, 0.3) is 0 Å². The standard InChI is InChI=1S/C13H19N3O3/c1-8-10(4-9(14)5-15-8)13(17)16-6-11(18-2)12(7-16)19-3/h4-5,11-12H,6-7,14H2,1-3H3. The molecule has 0 aromatic carbocycles. The number of aromatic nitrogens is 1. The van der Waals surface area contributed by atoms with Crippen LogP contribution < -0.4 is 5.73 Å². The molecule has 1 aromatic rings. The zero-order valence-electron chi connectivity index (χ0n) is 11.4. The predicted octanol–water partition coefficient (Wildman–Crippen LogP) is 0.458. The maximum atomic E-state index is 12.5. The maximum Gasteiger partial charge on any atom is 0.255 e. The first kappa shape index (κ1) is 13.8. The quantitative estimate of drug-likeness (QED) is 0.859. The van der Waals surface area contributed by atoms with Crippen molar-refractivity contribution < 1.29 is 14.3 Å². The fraction of sp³-hybridized carbons (Fsp3) is 0.538. The number of amides is 1. The number of nitrogens with two attached hydrogens (primary N) is 1. The monoisotopic (exact) mass is 265 g/mol. The summed E-state index contributed by atoms with van der Waals surface area (Å²) >= 11 is 0. The van der Waals surface area contributed by atoms with Gasteiger partial charge < -0.3 is 20.1 Å². The Morgan fingerprint density at radius 3 is 2.47 bits per heavy atom. The van der Waals surface area contributed by atoms with E-state index in [2.05, 4.69) is 4.98 Å². The van der Waals surface area contributed by atoms with Crippen molar-refractivity contribution in [1.82, 2.24) is 9.88 Å². The Morgan fingerprint density at radius 1 is 1.37 bits per heavy atom. The fourth-order valence-electron chi connectivity index (χ4n) is 2.30. The number of likely N-dealkylation sites (tertiary alicyclic amines) is 1. The average Bonchev–Trinajstić information content (AvgIpc) is 2.84. The van der Waals surface area contributed by atoms with Crippen LogP contribution in [-0.4, -0.2) is 55.3 Å². The summed E-state index contributed by atoms with van der Waals surface area (Å²) in [6, 6.07) is 1.66. The molecular weight excluding hydrogens is 246 g/mol. The first-order valence-corrected chi connectivity index (χ1v) is 6.13. The first-order valence-electron chi connectivity index (χ1n) is 6.13. The highest BCUT2D eigenvalue weighted by atomic mass is 16.5. The van der Waals surface area contributed by atoms with E-state index < -0.39 is 0 Å². The Labute approximate surface area is 112 Å². The van der Waals surface area contributed by atoms with Crippen molar-refractivity contribution in [2.45, 2.75) is 19.1 Å². The number of anilines is 1. The van der Waals surface area contributed by atoms with Crippen molar-refractivity contribution >= 4 is 11.6 Å². The topological polar surface area (TPSA) is 77.7 Å². The average molecular weight is 265 g/mol. The molecule has 1 saturated heterocycles. The molecule has 0 bridgehead atoms. The van der Waals surface area contributed by atoms with E-state index in [1.54, 1.807) is 38.3 Å². The van der Waals surface area contributed by atoms with Crippen molar-refractivity contribution in [1.29, 1.82) is 0 Å². The maximum absolute atomic E-state index is 12.5.